The third-order valence-corrected chi connectivity index (χ3v) is 4.19. The summed E-state index contributed by atoms with van der Waals surface area (Å²) in [5, 5.41) is 13.1. The second-order valence-electron chi connectivity index (χ2n) is 4.50. The molecule has 0 radical (unpaired) electrons. The van der Waals surface area contributed by atoms with Gasteiger partial charge < -0.3 is 10.3 Å². The average Bonchev–Trinajstić information content (AvgIpc) is 2.99. The summed E-state index contributed by atoms with van der Waals surface area (Å²) >= 11 is 1.42. The largest absolute Gasteiger partial charge is 0.367 e. The SMILES string of the molecule is CNC(c1ccccc1)c1nnc(-c2c[nH]ccc2=O)s1. The molecular formula is C15H14N4OS. The lowest BCUT2D eigenvalue weighted by Gasteiger charge is -2.12. The zero-order valence-corrected chi connectivity index (χ0v) is 12.2. The first-order chi connectivity index (χ1) is 10.3. The number of nitrogens with zero attached hydrogens (tertiary/aromatic N) is 2. The van der Waals surface area contributed by atoms with E-state index < -0.39 is 0 Å². The van der Waals surface area contributed by atoms with Crippen LogP contribution in [0.3, 0.4) is 0 Å². The number of H-pyrrole nitrogens is 1. The molecule has 0 aliphatic carbocycles. The van der Waals surface area contributed by atoms with Crippen molar-refractivity contribution in [2.75, 3.05) is 7.05 Å². The lowest BCUT2D eigenvalue weighted by Crippen LogP contribution is -2.17. The number of aromatic nitrogens is 3. The second kappa shape index (κ2) is 5.99. The predicted molar refractivity (Wildman–Crippen MR) is 83.3 cm³/mol. The molecule has 2 heterocycles. The number of rotatable bonds is 4. The van der Waals surface area contributed by atoms with Gasteiger partial charge in [0.15, 0.2) is 10.4 Å². The topological polar surface area (TPSA) is 70.7 Å². The van der Waals surface area contributed by atoms with Gasteiger partial charge in [-0.2, -0.15) is 0 Å². The maximum Gasteiger partial charge on any atom is 0.191 e. The van der Waals surface area contributed by atoms with E-state index in [9.17, 15) is 4.79 Å². The van der Waals surface area contributed by atoms with E-state index in [-0.39, 0.29) is 11.5 Å². The highest BCUT2D eigenvalue weighted by Gasteiger charge is 2.18. The molecule has 1 unspecified atom stereocenters. The number of aromatic amines is 1. The van der Waals surface area contributed by atoms with Gasteiger partial charge in [-0.1, -0.05) is 41.7 Å². The Morgan fingerprint density at radius 2 is 2.00 bits per heavy atom. The van der Waals surface area contributed by atoms with Crippen molar-refractivity contribution in [1.29, 1.82) is 0 Å². The Morgan fingerprint density at radius 1 is 1.19 bits per heavy atom. The molecule has 0 saturated heterocycles. The molecule has 1 atom stereocenters. The Balaban J connectivity index is 1.98. The highest BCUT2D eigenvalue weighted by molar-refractivity contribution is 7.14. The third-order valence-electron chi connectivity index (χ3n) is 3.16. The second-order valence-corrected chi connectivity index (χ2v) is 5.51. The number of benzene rings is 1. The first-order valence-electron chi connectivity index (χ1n) is 6.52. The smallest absolute Gasteiger partial charge is 0.191 e. The Kier molecular flexibility index (Phi) is 3.89. The van der Waals surface area contributed by atoms with Gasteiger partial charge in [-0.25, -0.2) is 0 Å². The molecule has 0 aliphatic heterocycles. The molecule has 0 amide bonds. The summed E-state index contributed by atoms with van der Waals surface area (Å²) in [5.74, 6) is 0. The van der Waals surface area contributed by atoms with Gasteiger partial charge in [0.2, 0.25) is 0 Å². The van der Waals surface area contributed by atoms with Gasteiger partial charge in [-0.15, -0.1) is 10.2 Å². The Morgan fingerprint density at radius 3 is 2.71 bits per heavy atom. The summed E-state index contributed by atoms with van der Waals surface area (Å²) in [5.41, 5.74) is 1.60. The van der Waals surface area contributed by atoms with Crippen molar-refractivity contribution in [2.24, 2.45) is 0 Å². The molecule has 3 aromatic rings. The van der Waals surface area contributed by atoms with Crippen molar-refractivity contribution in [3.63, 3.8) is 0 Å². The molecule has 0 aliphatic rings. The van der Waals surface area contributed by atoms with E-state index in [2.05, 4.69) is 20.5 Å². The van der Waals surface area contributed by atoms with Crippen molar-refractivity contribution >= 4 is 11.3 Å². The lowest BCUT2D eigenvalue weighted by atomic mass is 10.1. The van der Waals surface area contributed by atoms with E-state index in [4.69, 9.17) is 0 Å². The van der Waals surface area contributed by atoms with Crippen LogP contribution >= 0.6 is 11.3 Å². The molecule has 106 valence electrons. The monoisotopic (exact) mass is 298 g/mol. The zero-order valence-electron chi connectivity index (χ0n) is 11.4. The Bertz CT molecular complexity index is 781. The number of hydrogen-bond acceptors (Lipinski definition) is 5. The minimum atomic E-state index is -0.0582. The van der Waals surface area contributed by atoms with Crippen LogP contribution in [0.1, 0.15) is 16.6 Å². The van der Waals surface area contributed by atoms with Crippen molar-refractivity contribution in [1.82, 2.24) is 20.5 Å². The van der Waals surface area contributed by atoms with Gasteiger partial charge in [0, 0.05) is 18.5 Å². The zero-order chi connectivity index (χ0) is 14.7. The molecule has 5 nitrogen and oxygen atoms in total. The van der Waals surface area contributed by atoms with Crippen LogP contribution in [0.4, 0.5) is 0 Å². The van der Waals surface area contributed by atoms with Gasteiger partial charge in [-0.05, 0) is 12.6 Å². The summed E-state index contributed by atoms with van der Waals surface area (Å²) < 4.78 is 0. The van der Waals surface area contributed by atoms with Crippen molar-refractivity contribution in [3.8, 4) is 10.6 Å². The minimum Gasteiger partial charge on any atom is -0.367 e. The fourth-order valence-electron chi connectivity index (χ4n) is 2.12. The first-order valence-corrected chi connectivity index (χ1v) is 7.34. The molecule has 2 aromatic heterocycles. The van der Waals surface area contributed by atoms with Crippen molar-refractivity contribution in [2.45, 2.75) is 6.04 Å². The maximum atomic E-state index is 11.8. The molecule has 0 spiro atoms. The van der Waals surface area contributed by atoms with Gasteiger partial charge in [0.25, 0.3) is 0 Å². The van der Waals surface area contributed by atoms with E-state index in [1.54, 1.807) is 12.4 Å². The predicted octanol–water partition coefficient (Wildman–Crippen LogP) is 2.20. The van der Waals surface area contributed by atoms with Crippen molar-refractivity contribution in [3.05, 3.63) is 69.6 Å². The molecule has 0 fully saturated rings. The van der Waals surface area contributed by atoms with Crippen LogP contribution in [-0.4, -0.2) is 22.2 Å². The average molecular weight is 298 g/mol. The molecule has 0 saturated carbocycles. The lowest BCUT2D eigenvalue weighted by molar-refractivity contribution is 0.678. The summed E-state index contributed by atoms with van der Waals surface area (Å²) in [6.45, 7) is 0. The molecular weight excluding hydrogens is 284 g/mol. The van der Waals surface area contributed by atoms with Gasteiger partial charge in [0.05, 0.1) is 11.6 Å². The molecule has 1 aromatic carbocycles. The van der Waals surface area contributed by atoms with Gasteiger partial charge in [0.1, 0.15) is 5.01 Å². The highest BCUT2D eigenvalue weighted by atomic mass is 32.1. The Hall–Kier alpha value is -2.31. The minimum absolute atomic E-state index is 0.0276. The molecule has 21 heavy (non-hydrogen) atoms. The van der Waals surface area contributed by atoms with Crippen LogP contribution in [0.2, 0.25) is 0 Å². The highest BCUT2D eigenvalue weighted by Crippen LogP contribution is 2.28. The summed E-state index contributed by atoms with van der Waals surface area (Å²) in [6.07, 6.45) is 3.26. The fraction of sp³-hybridized carbons (Fsp3) is 0.133. The summed E-state index contributed by atoms with van der Waals surface area (Å²) in [6, 6.07) is 11.5. The first kappa shape index (κ1) is 13.7. The van der Waals surface area contributed by atoms with Crippen molar-refractivity contribution < 1.29 is 0 Å². The van der Waals surface area contributed by atoms with Crippen LogP contribution < -0.4 is 10.7 Å². The summed E-state index contributed by atoms with van der Waals surface area (Å²) in [7, 11) is 1.88. The standard InChI is InChI=1S/C15H14N4OS/c1-16-13(10-5-3-2-4-6-10)15-19-18-14(21-15)11-9-17-8-7-12(11)20/h2-9,13,16H,1H3,(H,17,20). The molecule has 0 bridgehead atoms. The van der Waals surface area contributed by atoms with Crippen LogP contribution in [0.5, 0.6) is 0 Å². The summed E-state index contributed by atoms with van der Waals surface area (Å²) in [4.78, 5) is 14.7. The third kappa shape index (κ3) is 2.76. The molecule has 3 rings (SSSR count). The number of pyridine rings is 1. The quantitative estimate of drug-likeness (QED) is 0.774. The van der Waals surface area contributed by atoms with Crippen LogP contribution in [0.25, 0.3) is 10.6 Å². The normalized spacial score (nSPS) is 12.2. The van der Waals surface area contributed by atoms with E-state index in [1.807, 2.05) is 37.4 Å². The maximum absolute atomic E-state index is 11.8. The van der Waals surface area contributed by atoms with E-state index >= 15 is 0 Å². The van der Waals surface area contributed by atoms with Gasteiger partial charge >= 0.3 is 0 Å². The van der Waals surface area contributed by atoms with Crippen LogP contribution in [0.15, 0.2) is 53.6 Å². The molecule has 6 heteroatoms. The Labute approximate surface area is 125 Å². The van der Waals surface area contributed by atoms with Gasteiger partial charge in [-0.3, -0.25) is 4.79 Å². The van der Waals surface area contributed by atoms with Crippen LogP contribution in [0, 0.1) is 0 Å². The number of hydrogen-bond donors (Lipinski definition) is 2. The fourth-order valence-corrected chi connectivity index (χ4v) is 3.12. The van der Waals surface area contributed by atoms with E-state index in [0.717, 1.165) is 10.6 Å². The van der Waals surface area contributed by atoms with E-state index in [0.29, 0.717) is 10.6 Å². The van der Waals surface area contributed by atoms with Crippen LogP contribution in [-0.2, 0) is 0 Å². The van der Waals surface area contributed by atoms with E-state index in [1.165, 1.54) is 17.4 Å². The number of nitrogens with one attached hydrogen (secondary N) is 2. The molecule has 2 N–H and O–H groups in total.